The van der Waals surface area contributed by atoms with Crippen molar-refractivity contribution in [1.82, 2.24) is 30.1 Å². The Balaban J connectivity index is 1.66. The van der Waals surface area contributed by atoms with Crippen LogP contribution in [0.4, 0.5) is 5.69 Å². The topological polar surface area (TPSA) is 193 Å². The van der Waals surface area contributed by atoms with E-state index in [4.69, 9.17) is 16.2 Å². The van der Waals surface area contributed by atoms with E-state index in [0.29, 0.717) is 22.8 Å². The average Bonchev–Trinajstić information content (AvgIpc) is 3.20. The molecule has 2 aromatic heterocycles. The van der Waals surface area contributed by atoms with Gasteiger partial charge in [-0.1, -0.05) is 0 Å². The van der Waals surface area contributed by atoms with E-state index >= 15 is 0 Å². The Morgan fingerprint density at radius 1 is 1.25 bits per heavy atom. The number of amides is 2. The van der Waals surface area contributed by atoms with E-state index in [9.17, 15) is 14.4 Å². The molecule has 4 rings (SSSR count). The highest BCUT2D eigenvalue weighted by Gasteiger charge is 2.28. The highest BCUT2D eigenvalue weighted by Crippen LogP contribution is 2.26. The number of anilines is 1. The van der Waals surface area contributed by atoms with Crippen molar-refractivity contribution in [2.24, 2.45) is 5.73 Å². The second-order valence-corrected chi connectivity index (χ2v) is 6.91. The smallest absolute Gasteiger partial charge is 0.305 e. The number of rotatable bonds is 6. The Labute approximate surface area is 180 Å². The minimum Gasteiger partial charge on any atom is -0.481 e. The number of nitrogens with zero attached hydrogens (tertiary/aromatic N) is 6. The maximum atomic E-state index is 13.1. The first kappa shape index (κ1) is 20.6. The molecule has 0 unspecified atom stereocenters. The van der Waals surface area contributed by atoms with Crippen LogP contribution >= 0.6 is 0 Å². The maximum absolute atomic E-state index is 13.1. The molecule has 3 aromatic rings. The number of nitrogens with one attached hydrogen (secondary N) is 2. The first-order valence-corrected chi connectivity index (χ1v) is 9.38. The Hall–Kier alpha value is -4.68. The van der Waals surface area contributed by atoms with Gasteiger partial charge >= 0.3 is 5.97 Å². The lowest BCUT2D eigenvalue weighted by molar-refractivity contribution is -0.137. The fourth-order valence-corrected chi connectivity index (χ4v) is 3.20. The number of nitrogen functional groups attached to an aromatic ring is 1. The van der Waals surface area contributed by atoms with Crippen molar-refractivity contribution in [2.75, 3.05) is 11.9 Å². The molecule has 0 saturated heterocycles. The number of tetrazole rings is 1. The van der Waals surface area contributed by atoms with Crippen molar-refractivity contribution >= 4 is 29.3 Å². The number of carboxylic acid groups (broad SMARTS) is 1. The van der Waals surface area contributed by atoms with E-state index in [0.717, 1.165) is 0 Å². The highest BCUT2D eigenvalue weighted by atomic mass is 16.4. The Morgan fingerprint density at radius 2 is 2.06 bits per heavy atom. The summed E-state index contributed by atoms with van der Waals surface area (Å²) in [5.41, 5.74) is 6.77. The van der Waals surface area contributed by atoms with E-state index < -0.39 is 17.8 Å². The van der Waals surface area contributed by atoms with Crippen LogP contribution in [0.5, 0.6) is 0 Å². The van der Waals surface area contributed by atoms with Crippen molar-refractivity contribution in [3.8, 4) is 5.69 Å². The third-order valence-corrected chi connectivity index (χ3v) is 4.77. The number of fused-ring (bicyclic) bond motifs is 3. The van der Waals surface area contributed by atoms with Gasteiger partial charge in [-0.15, -0.1) is 5.10 Å². The van der Waals surface area contributed by atoms with E-state index in [2.05, 4.69) is 25.8 Å². The summed E-state index contributed by atoms with van der Waals surface area (Å²) in [4.78, 5) is 42.1. The van der Waals surface area contributed by atoms with Gasteiger partial charge in [0.1, 0.15) is 11.5 Å². The lowest BCUT2D eigenvalue weighted by Crippen LogP contribution is -2.32. The highest BCUT2D eigenvalue weighted by molar-refractivity contribution is 6.06. The molecule has 0 radical (unpaired) electrons. The van der Waals surface area contributed by atoms with Gasteiger partial charge in [-0.3, -0.25) is 24.8 Å². The molecular formula is C19H17N9O4. The van der Waals surface area contributed by atoms with E-state index in [1.807, 2.05) is 0 Å². The molecule has 0 bridgehead atoms. The molecule has 162 valence electrons. The van der Waals surface area contributed by atoms with Gasteiger partial charge in [0.2, 0.25) is 0 Å². The first-order valence-electron chi connectivity index (χ1n) is 9.38. The van der Waals surface area contributed by atoms with Crippen molar-refractivity contribution in [3.63, 3.8) is 0 Å². The van der Waals surface area contributed by atoms with Gasteiger partial charge in [0.25, 0.3) is 11.8 Å². The summed E-state index contributed by atoms with van der Waals surface area (Å²) in [5, 5.41) is 30.6. The molecule has 2 amide bonds. The van der Waals surface area contributed by atoms with Gasteiger partial charge < -0.3 is 21.1 Å². The molecule has 1 aromatic carbocycles. The second-order valence-electron chi connectivity index (χ2n) is 6.91. The van der Waals surface area contributed by atoms with Crippen molar-refractivity contribution in [2.45, 2.75) is 13.0 Å². The molecule has 0 aliphatic carbocycles. The molecule has 0 spiro atoms. The molecule has 1 aliphatic heterocycles. The van der Waals surface area contributed by atoms with Gasteiger partial charge in [-0.2, -0.15) is 4.68 Å². The van der Waals surface area contributed by atoms with Crippen LogP contribution in [0.25, 0.3) is 5.69 Å². The zero-order valence-corrected chi connectivity index (χ0v) is 16.5. The number of carbonyl (C=O) groups is 3. The minimum atomic E-state index is -1.04. The summed E-state index contributed by atoms with van der Waals surface area (Å²) in [6, 6.07) is 7.53. The molecule has 13 heteroatoms. The Kier molecular flexibility index (Phi) is 5.29. The van der Waals surface area contributed by atoms with Crippen LogP contribution in [0.1, 0.15) is 38.7 Å². The zero-order chi connectivity index (χ0) is 22.8. The van der Waals surface area contributed by atoms with Gasteiger partial charge in [0.05, 0.1) is 24.2 Å². The van der Waals surface area contributed by atoms with Gasteiger partial charge in [-0.05, 0) is 40.8 Å². The van der Waals surface area contributed by atoms with E-state index in [1.165, 1.54) is 34.0 Å². The standard InChI is InChI=1S/C19H17N9O4/c20-17(21)10-3-5-22-13(7-10)18(31)23-11-1-2-14-12(8-11)19(32)27(6-4-16(29)30)9-15-24-25-26-28(14)15/h1-3,5,7-8H,4,6,9H2,(H3,20,21)(H,23,31)(H,29,30). The first-order chi connectivity index (χ1) is 15.3. The fourth-order valence-electron chi connectivity index (χ4n) is 3.20. The van der Waals surface area contributed by atoms with Crippen LogP contribution in [0.15, 0.2) is 36.5 Å². The lowest BCUT2D eigenvalue weighted by Gasteiger charge is -2.19. The predicted molar refractivity (Wildman–Crippen MR) is 109 cm³/mol. The van der Waals surface area contributed by atoms with Crippen molar-refractivity contribution in [3.05, 3.63) is 59.2 Å². The number of aliphatic carboxylic acids is 1. The maximum Gasteiger partial charge on any atom is 0.305 e. The SMILES string of the molecule is N=C(N)c1ccnc(C(=O)Nc2ccc3c(c2)C(=O)N(CCC(=O)O)Cc2nnnn2-3)c1. The summed E-state index contributed by atoms with van der Waals surface area (Å²) in [5.74, 6) is -1.84. The number of carbonyl (C=O) groups excluding carboxylic acids is 2. The zero-order valence-electron chi connectivity index (χ0n) is 16.5. The largest absolute Gasteiger partial charge is 0.481 e. The quantitative estimate of drug-likeness (QED) is 0.305. The van der Waals surface area contributed by atoms with Crippen LogP contribution in [0, 0.1) is 5.41 Å². The molecule has 5 N–H and O–H groups in total. The number of hydrogen-bond acceptors (Lipinski definition) is 8. The number of carboxylic acids is 1. The molecule has 0 atom stereocenters. The second kappa shape index (κ2) is 8.22. The summed E-state index contributed by atoms with van der Waals surface area (Å²) in [6.07, 6.45) is 1.13. The molecule has 32 heavy (non-hydrogen) atoms. The summed E-state index contributed by atoms with van der Waals surface area (Å²) in [6.45, 7) is 0.00998. The van der Waals surface area contributed by atoms with Gasteiger partial charge in [0, 0.05) is 24.0 Å². The molecule has 0 fully saturated rings. The summed E-state index contributed by atoms with van der Waals surface area (Å²) < 4.78 is 1.40. The van der Waals surface area contributed by atoms with Crippen LogP contribution in [-0.4, -0.2) is 65.4 Å². The molecule has 0 saturated carbocycles. The number of aromatic nitrogens is 5. The number of pyridine rings is 1. The van der Waals surface area contributed by atoms with Crippen LogP contribution in [-0.2, 0) is 11.3 Å². The third-order valence-electron chi connectivity index (χ3n) is 4.77. The number of nitrogens with two attached hydrogens (primary N) is 1. The van der Waals surface area contributed by atoms with E-state index in [1.54, 1.807) is 12.1 Å². The lowest BCUT2D eigenvalue weighted by atomic mass is 10.1. The van der Waals surface area contributed by atoms with Crippen LogP contribution < -0.4 is 11.1 Å². The Morgan fingerprint density at radius 3 is 2.81 bits per heavy atom. The Bertz CT molecular complexity index is 1250. The normalized spacial score (nSPS) is 12.5. The van der Waals surface area contributed by atoms with Crippen LogP contribution in [0.2, 0.25) is 0 Å². The van der Waals surface area contributed by atoms with Gasteiger partial charge in [-0.25, -0.2) is 0 Å². The third kappa shape index (κ3) is 3.98. The predicted octanol–water partition coefficient (Wildman–Crippen LogP) is 0.0242. The number of amidine groups is 1. The molecule has 3 heterocycles. The molecule has 13 nitrogen and oxygen atoms in total. The van der Waals surface area contributed by atoms with Crippen molar-refractivity contribution in [1.29, 1.82) is 5.41 Å². The monoisotopic (exact) mass is 435 g/mol. The molecular weight excluding hydrogens is 418 g/mol. The number of benzene rings is 1. The van der Waals surface area contributed by atoms with Gasteiger partial charge in [0.15, 0.2) is 5.82 Å². The number of hydrogen-bond donors (Lipinski definition) is 4. The fraction of sp³-hybridized carbons (Fsp3) is 0.158. The van der Waals surface area contributed by atoms with E-state index in [-0.39, 0.29) is 36.6 Å². The average molecular weight is 435 g/mol. The molecule has 1 aliphatic rings. The van der Waals surface area contributed by atoms with Crippen molar-refractivity contribution < 1.29 is 19.5 Å². The summed E-state index contributed by atoms with van der Waals surface area (Å²) in [7, 11) is 0. The summed E-state index contributed by atoms with van der Waals surface area (Å²) >= 11 is 0. The minimum absolute atomic E-state index is 0.0290. The van der Waals surface area contributed by atoms with Crippen LogP contribution in [0.3, 0.4) is 0 Å².